The zero-order valence-electron chi connectivity index (χ0n) is 3.85. The van der Waals surface area contributed by atoms with Crippen molar-refractivity contribution in [3.63, 3.8) is 0 Å². The van der Waals surface area contributed by atoms with Crippen LogP contribution < -0.4 is 0 Å². The second kappa shape index (κ2) is 1.61. The van der Waals surface area contributed by atoms with Crippen molar-refractivity contribution >= 4 is 15.9 Å². The van der Waals surface area contributed by atoms with Crippen molar-refractivity contribution in [2.45, 2.75) is 0 Å². The highest BCUT2D eigenvalue weighted by atomic mass is 32.2. The highest BCUT2D eigenvalue weighted by molar-refractivity contribution is 8.15. The molecule has 0 aromatic rings. The molecule has 0 aromatic heterocycles. The first-order valence-electron chi connectivity index (χ1n) is 2.01. The molecule has 0 amide bonds. The summed E-state index contributed by atoms with van der Waals surface area (Å²) in [5.41, 5.74) is 0. The molecule has 1 heterocycles. The lowest BCUT2D eigenvalue weighted by Gasteiger charge is -1.82. The molecular formula is C5H8S. The average Bonchev–Trinajstić information content (AvgIpc) is 1.86. The molecule has 6 heavy (non-hydrogen) atoms. The Bertz CT molecular complexity index is 101. The van der Waals surface area contributed by atoms with Crippen LogP contribution in [0.1, 0.15) is 0 Å². The van der Waals surface area contributed by atoms with Crippen molar-refractivity contribution in [1.82, 2.24) is 0 Å². The molecule has 1 aliphatic rings. The molecule has 0 bridgehead atoms. The monoisotopic (exact) mass is 100 g/mol. The van der Waals surface area contributed by atoms with Gasteiger partial charge in [0.05, 0.1) is 0 Å². The molecule has 0 fully saturated rings. The van der Waals surface area contributed by atoms with E-state index < -0.39 is 0 Å². The van der Waals surface area contributed by atoms with Crippen LogP contribution in [-0.2, 0) is 0 Å². The molecule has 0 N–H and O–H groups in total. The summed E-state index contributed by atoms with van der Waals surface area (Å²) in [5.74, 6) is 1.28. The van der Waals surface area contributed by atoms with E-state index in [0.29, 0.717) is 10.5 Å². The van der Waals surface area contributed by atoms with Crippen molar-refractivity contribution in [2.75, 3.05) is 12.0 Å². The minimum atomic E-state index is 0.591. The van der Waals surface area contributed by atoms with E-state index in [4.69, 9.17) is 0 Å². The molecular weight excluding hydrogens is 92.1 g/mol. The number of hydrogen-bond acceptors (Lipinski definition) is 0. The van der Waals surface area contributed by atoms with Gasteiger partial charge in [0.15, 0.2) is 0 Å². The van der Waals surface area contributed by atoms with Gasteiger partial charge in [-0.2, -0.15) is 10.5 Å². The Morgan fingerprint density at radius 3 is 2.67 bits per heavy atom. The lowest BCUT2D eigenvalue weighted by atomic mass is 10.6. The second-order valence-corrected chi connectivity index (χ2v) is 3.41. The molecule has 1 rings (SSSR count). The van der Waals surface area contributed by atoms with Crippen molar-refractivity contribution in [3.05, 3.63) is 12.2 Å². The fourth-order valence-corrected chi connectivity index (χ4v) is 1.36. The van der Waals surface area contributed by atoms with E-state index in [-0.39, 0.29) is 0 Å². The molecule has 0 aromatic carbocycles. The van der Waals surface area contributed by atoms with Gasteiger partial charge in [-0.05, 0) is 11.6 Å². The van der Waals surface area contributed by atoms with Gasteiger partial charge in [0.25, 0.3) is 0 Å². The van der Waals surface area contributed by atoms with Crippen molar-refractivity contribution in [3.8, 4) is 0 Å². The minimum Gasteiger partial charge on any atom is -0.185 e. The number of hydrogen-bond donors (Lipinski definition) is 0. The van der Waals surface area contributed by atoms with Crippen LogP contribution in [0.25, 0.3) is 0 Å². The molecule has 1 atom stereocenters. The van der Waals surface area contributed by atoms with Gasteiger partial charge in [0, 0.05) is 5.75 Å². The summed E-state index contributed by atoms with van der Waals surface area (Å²) in [7, 11) is 0.591. The largest absolute Gasteiger partial charge is 0.185 e. The summed E-state index contributed by atoms with van der Waals surface area (Å²) in [4.78, 5) is 0. The van der Waals surface area contributed by atoms with Gasteiger partial charge < -0.3 is 0 Å². The molecule has 0 aliphatic carbocycles. The third-order valence-electron chi connectivity index (χ3n) is 0.806. The molecule has 1 heteroatoms. The molecule has 0 spiro atoms. The molecule has 1 unspecified atom stereocenters. The Balaban J connectivity index is 2.61. The van der Waals surface area contributed by atoms with Gasteiger partial charge in [-0.1, -0.05) is 12.2 Å². The Kier molecular flexibility index (Phi) is 1.10. The maximum absolute atomic E-state index is 2.25. The molecule has 0 saturated heterocycles. The predicted molar refractivity (Wildman–Crippen MR) is 33.6 cm³/mol. The standard InChI is InChI=1S/C5H8S/c1-6-4-2-3-5-6/h2-4H,5H2,1H3. The lowest BCUT2D eigenvalue weighted by molar-refractivity contribution is 1.82. The zero-order chi connectivity index (χ0) is 4.41. The lowest BCUT2D eigenvalue weighted by Crippen LogP contribution is -1.62. The van der Waals surface area contributed by atoms with Gasteiger partial charge in [0.2, 0.25) is 0 Å². The Morgan fingerprint density at radius 1 is 1.67 bits per heavy atom. The maximum Gasteiger partial charge on any atom is 0.00638 e. The highest BCUT2D eigenvalue weighted by Gasteiger charge is 1.84. The first kappa shape index (κ1) is 4.13. The van der Waals surface area contributed by atoms with Crippen LogP contribution in [0.3, 0.4) is 0 Å². The summed E-state index contributed by atoms with van der Waals surface area (Å²) < 4.78 is 0. The fraction of sp³-hybridized carbons (Fsp3) is 0.400. The topological polar surface area (TPSA) is 0 Å². The fourth-order valence-electron chi connectivity index (χ4n) is 0.453. The first-order chi connectivity index (χ1) is 2.89. The number of rotatable bonds is 0. The van der Waals surface area contributed by atoms with Crippen LogP contribution in [0, 0.1) is 0 Å². The van der Waals surface area contributed by atoms with Crippen LogP contribution in [0.2, 0.25) is 0 Å². The van der Waals surface area contributed by atoms with Gasteiger partial charge >= 0.3 is 0 Å². The number of allylic oxidation sites excluding steroid dienone is 1. The van der Waals surface area contributed by atoms with E-state index in [2.05, 4.69) is 23.8 Å². The third kappa shape index (κ3) is 0.716. The minimum absolute atomic E-state index is 0.591. The summed E-state index contributed by atoms with van der Waals surface area (Å²) >= 11 is 0. The molecule has 0 radical (unpaired) electrons. The van der Waals surface area contributed by atoms with E-state index in [0.717, 1.165) is 0 Å². The summed E-state index contributed by atoms with van der Waals surface area (Å²) in [5, 5.41) is 2.25. The molecule has 0 nitrogen and oxygen atoms in total. The molecule has 0 saturated carbocycles. The smallest absolute Gasteiger partial charge is 0.00638 e. The Hall–Kier alpha value is -0.0400. The first-order valence-corrected chi connectivity index (χ1v) is 3.87. The van der Waals surface area contributed by atoms with Crippen LogP contribution >= 0.6 is 10.5 Å². The van der Waals surface area contributed by atoms with Crippen LogP contribution in [-0.4, -0.2) is 17.4 Å². The van der Waals surface area contributed by atoms with Crippen molar-refractivity contribution in [1.29, 1.82) is 0 Å². The van der Waals surface area contributed by atoms with Crippen LogP contribution in [0.5, 0.6) is 0 Å². The summed E-state index contributed by atoms with van der Waals surface area (Å²) in [6, 6.07) is 0. The highest BCUT2D eigenvalue weighted by Crippen LogP contribution is 2.09. The van der Waals surface area contributed by atoms with Gasteiger partial charge in [-0.15, -0.1) is 0 Å². The van der Waals surface area contributed by atoms with Gasteiger partial charge in [0.1, 0.15) is 0 Å². The van der Waals surface area contributed by atoms with Crippen LogP contribution in [0.4, 0.5) is 0 Å². The summed E-state index contributed by atoms with van der Waals surface area (Å²) in [6.45, 7) is 0. The molecule has 34 valence electrons. The van der Waals surface area contributed by atoms with E-state index in [1.54, 1.807) is 0 Å². The SMILES string of the molecule is CS1=CC=CC1. The van der Waals surface area contributed by atoms with Crippen molar-refractivity contribution < 1.29 is 0 Å². The molecule has 1 aliphatic heterocycles. The maximum atomic E-state index is 2.25. The Labute approximate surface area is 40.8 Å². The van der Waals surface area contributed by atoms with E-state index in [9.17, 15) is 0 Å². The zero-order valence-corrected chi connectivity index (χ0v) is 4.66. The second-order valence-electron chi connectivity index (χ2n) is 1.42. The van der Waals surface area contributed by atoms with E-state index in [1.807, 2.05) is 0 Å². The normalized spacial score (nSPS) is 30.5. The Morgan fingerprint density at radius 2 is 2.50 bits per heavy atom. The van der Waals surface area contributed by atoms with Gasteiger partial charge in [-0.3, -0.25) is 0 Å². The van der Waals surface area contributed by atoms with Crippen LogP contribution in [0.15, 0.2) is 12.2 Å². The van der Waals surface area contributed by atoms with E-state index >= 15 is 0 Å². The average molecular weight is 100 g/mol. The quantitative estimate of drug-likeness (QED) is 0.402. The predicted octanol–water partition coefficient (Wildman–Crippen LogP) is 1.26. The van der Waals surface area contributed by atoms with Crippen molar-refractivity contribution in [2.24, 2.45) is 0 Å². The third-order valence-corrected chi connectivity index (χ3v) is 2.15. The van der Waals surface area contributed by atoms with E-state index in [1.165, 1.54) is 5.75 Å². The van der Waals surface area contributed by atoms with Gasteiger partial charge in [-0.25, -0.2) is 0 Å². The summed E-state index contributed by atoms with van der Waals surface area (Å²) in [6.07, 6.45) is 6.60.